The molecule has 0 aliphatic rings. The van der Waals surface area contributed by atoms with Crippen molar-refractivity contribution in [1.82, 2.24) is 0 Å². The van der Waals surface area contributed by atoms with Gasteiger partial charge in [0.15, 0.2) is 11.6 Å². The summed E-state index contributed by atoms with van der Waals surface area (Å²) in [6.07, 6.45) is 0.610. The Morgan fingerprint density at radius 3 is 2.63 bits per heavy atom. The molecule has 1 atom stereocenters. The van der Waals surface area contributed by atoms with E-state index in [0.29, 0.717) is 30.3 Å². The van der Waals surface area contributed by atoms with Crippen LogP contribution < -0.4 is 15.8 Å². The van der Waals surface area contributed by atoms with E-state index in [1.165, 1.54) is 6.07 Å². The molecule has 19 heavy (non-hydrogen) atoms. The van der Waals surface area contributed by atoms with E-state index in [0.717, 1.165) is 0 Å². The van der Waals surface area contributed by atoms with Gasteiger partial charge in [-0.2, -0.15) is 0 Å². The molecule has 0 saturated heterocycles. The van der Waals surface area contributed by atoms with Gasteiger partial charge in [0, 0.05) is 24.8 Å². The van der Waals surface area contributed by atoms with Gasteiger partial charge in [0.2, 0.25) is 0 Å². The zero-order valence-corrected chi connectivity index (χ0v) is 11.7. The Kier molecular flexibility index (Phi) is 5.89. The van der Waals surface area contributed by atoms with E-state index in [2.05, 4.69) is 19.2 Å². The molecule has 4 nitrogen and oxygen atoms in total. The van der Waals surface area contributed by atoms with Crippen LogP contribution in [0.2, 0.25) is 0 Å². The fourth-order valence-electron chi connectivity index (χ4n) is 1.87. The summed E-state index contributed by atoms with van der Waals surface area (Å²) in [7, 11) is 0. The Bertz CT molecular complexity index is 411. The van der Waals surface area contributed by atoms with Crippen LogP contribution in [0.3, 0.4) is 0 Å². The Balaban J connectivity index is 2.95. The molecule has 0 radical (unpaired) electrons. The van der Waals surface area contributed by atoms with Crippen LogP contribution in [0.5, 0.6) is 5.75 Å². The highest BCUT2D eigenvalue weighted by atomic mass is 19.1. The normalized spacial score (nSPS) is 12.5. The summed E-state index contributed by atoms with van der Waals surface area (Å²) >= 11 is 0. The van der Waals surface area contributed by atoms with Crippen molar-refractivity contribution in [2.75, 3.05) is 24.3 Å². The smallest absolute Gasteiger partial charge is 0.167 e. The molecule has 0 saturated carbocycles. The predicted molar refractivity (Wildman–Crippen MR) is 75.9 cm³/mol. The number of rotatable bonds is 7. The van der Waals surface area contributed by atoms with Crippen molar-refractivity contribution in [1.29, 1.82) is 0 Å². The quantitative estimate of drug-likeness (QED) is 0.666. The van der Waals surface area contributed by atoms with Crippen LogP contribution in [0.4, 0.5) is 15.8 Å². The van der Waals surface area contributed by atoms with Gasteiger partial charge in [-0.1, -0.05) is 13.8 Å². The number of benzene rings is 1. The van der Waals surface area contributed by atoms with E-state index in [1.807, 2.05) is 0 Å². The zero-order chi connectivity index (χ0) is 14.4. The van der Waals surface area contributed by atoms with Crippen LogP contribution in [0.15, 0.2) is 12.1 Å². The number of halogens is 1. The summed E-state index contributed by atoms with van der Waals surface area (Å²) in [6.45, 7) is 6.39. The van der Waals surface area contributed by atoms with Gasteiger partial charge in [-0.25, -0.2) is 4.39 Å². The minimum atomic E-state index is -0.465. The van der Waals surface area contributed by atoms with E-state index in [1.54, 1.807) is 13.0 Å². The van der Waals surface area contributed by atoms with Crippen molar-refractivity contribution < 1.29 is 14.2 Å². The van der Waals surface area contributed by atoms with Crippen LogP contribution in [0, 0.1) is 11.7 Å². The molecule has 1 aromatic rings. The molecule has 0 aliphatic carbocycles. The monoisotopic (exact) mass is 270 g/mol. The summed E-state index contributed by atoms with van der Waals surface area (Å²) < 4.78 is 18.8. The fourth-order valence-corrected chi connectivity index (χ4v) is 1.87. The van der Waals surface area contributed by atoms with Crippen LogP contribution >= 0.6 is 0 Å². The number of aliphatic hydroxyl groups is 1. The molecule has 0 aliphatic heterocycles. The number of ether oxygens (including phenoxy) is 1. The molecule has 0 aromatic heterocycles. The van der Waals surface area contributed by atoms with Gasteiger partial charge < -0.3 is 20.9 Å². The number of nitrogens with one attached hydrogen (secondary N) is 1. The Morgan fingerprint density at radius 1 is 1.42 bits per heavy atom. The highest BCUT2D eigenvalue weighted by molar-refractivity contribution is 5.69. The molecule has 1 aromatic carbocycles. The van der Waals surface area contributed by atoms with Gasteiger partial charge in [-0.3, -0.25) is 0 Å². The number of nitrogens with two attached hydrogens (primary N) is 1. The molecule has 0 amide bonds. The average Bonchev–Trinajstić information content (AvgIpc) is 2.34. The number of nitrogen functional groups attached to an aromatic ring is 1. The molecule has 4 N–H and O–H groups in total. The number of anilines is 2. The SMILES string of the molecule is CCOc1cc(NC(CCO)C(C)C)c(N)cc1F. The zero-order valence-electron chi connectivity index (χ0n) is 11.7. The molecular formula is C14H23FN2O2. The third-order valence-electron chi connectivity index (χ3n) is 2.99. The molecule has 5 heteroatoms. The van der Waals surface area contributed by atoms with Crippen molar-refractivity contribution >= 4 is 11.4 Å². The minimum Gasteiger partial charge on any atom is -0.491 e. The first kappa shape index (κ1) is 15.6. The first-order valence-electron chi connectivity index (χ1n) is 6.58. The van der Waals surface area contributed by atoms with E-state index in [-0.39, 0.29) is 18.4 Å². The highest BCUT2D eigenvalue weighted by Gasteiger charge is 2.16. The second-order valence-corrected chi connectivity index (χ2v) is 4.81. The van der Waals surface area contributed by atoms with Gasteiger partial charge in [-0.15, -0.1) is 0 Å². The van der Waals surface area contributed by atoms with Crippen LogP contribution in [-0.2, 0) is 0 Å². The Hall–Kier alpha value is -1.49. The molecule has 0 heterocycles. The molecule has 108 valence electrons. The summed E-state index contributed by atoms with van der Waals surface area (Å²) in [5.74, 6) is 0.0472. The van der Waals surface area contributed by atoms with Crippen molar-refractivity contribution in [2.24, 2.45) is 5.92 Å². The maximum Gasteiger partial charge on any atom is 0.167 e. The topological polar surface area (TPSA) is 67.5 Å². The highest BCUT2D eigenvalue weighted by Crippen LogP contribution is 2.29. The van der Waals surface area contributed by atoms with Crippen LogP contribution in [-0.4, -0.2) is 24.4 Å². The molecular weight excluding hydrogens is 247 g/mol. The molecule has 0 fully saturated rings. The van der Waals surface area contributed by atoms with E-state index >= 15 is 0 Å². The lowest BCUT2D eigenvalue weighted by atomic mass is 10.0. The van der Waals surface area contributed by atoms with Crippen molar-refractivity contribution in [3.63, 3.8) is 0 Å². The fraction of sp³-hybridized carbons (Fsp3) is 0.571. The number of aliphatic hydroxyl groups excluding tert-OH is 1. The largest absolute Gasteiger partial charge is 0.491 e. The predicted octanol–water partition coefficient (Wildman–Crippen LogP) is 2.63. The van der Waals surface area contributed by atoms with Gasteiger partial charge in [0.05, 0.1) is 18.0 Å². The average molecular weight is 270 g/mol. The molecule has 0 spiro atoms. The number of hydrogen-bond donors (Lipinski definition) is 3. The second-order valence-electron chi connectivity index (χ2n) is 4.81. The van der Waals surface area contributed by atoms with Crippen molar-refractivity contribution in [2.45, 2.75) is 33.2 Å². The molecule has 1 rings (SSSR count). The second kappa shape index (κ2) is 7.19. The summed E-state index contributed by atoms with van der Waals surface area (Å²) in [6, 6.07) is 2.90. The van der Waals surface area contributed by atoms with Gasteiger partial charge in [0.1, 0.15) is 0 Å². The summed E-state index contributed by atoms with van der Waals surface area (Å²) in [5, 5.41) is 12.3. The standard InChI is InChI=1S/C14H23FN2O2/c1-4-19-14-8-13(11(16)7-10(14)15)17-12(5-6-18)9(2)3/h7-9,12,17-18H,4-6,16H2,1-3H3. The maximum absolute atomic E-state index is 13.6. The first-order valence-corrected chi connectivity index (χ1v) is 6.58. The van der Waals surface area contributed by atoms with E-state index in [4.69, 9.17) is 15.6 Å². The minimum absolute atomic E-state index is 0.0761. The van der Waals surface area contributed by atoms with Crippen molar-refractivity contribution in [3.05, 3.63) is 17.9 Å². The van der Waals surface area contributed by atoms with Crippen molar-refractivity contribution in [3.8, 4) is 5.75 Å². The number of hydrogen-bond acceptors (Lipinski definition) is 4. The third-order valence-corrected chi connectivity index (χ3v) is 2.99. The van der Waals surface area contributed by atoms with Crippen LogP contribution in [0.1, 0.15) is 27.2 Å². The maximum atomic E-state index is 13.6. The van der Waals surface area contributed by atoms with Gasteiger partial charge in [-0.05, 0) is 19.3 Å². The van der Waals surface area contributed by atoms with Gasteiger partial charge >= 0.3 is 0 Å². The van der Waals surface area contributed by atoms with E-state index < -0.39 is 5.82 Å². The Morgan fingerprint density at radius 2 is 2.11 bits per heavy atom. The Labute approximate surface area is 113 Å². The summed E-state index contributed by atoms with van der Waals surface area (Å²) in [5.41, 5.74) is 6.78. The van der Waals surface area contributed by atoms with Gasteiger partial charge in [0.25, 0.3) is 0 Å². The lowest BCUT2D eigenvalue weighted by Gasteiger charge is -2.24. The lowest BCUT2D eigenvalue weighted by molar-refractivity contribution is 0.267. The van der Waals surface area contributed by atoms with E-state index in [9.17, 15) is 4.39 Å². The van der Waals surface area contributed by atoms with Crippen LogP contribution in [0.25, 0.3) is 0 Å². The molecule has 0 bridgehead atoms. The lowest BCUT2D eigenvalue weighted by Crippen LogP contribution is -2.27. The first-order chi connectivity index (χ1) is 8.99. The third kappa shape index (κ3) is 4.28. The molecule has 1 unspecified atom stereocenters. The summed E-state index contributed by atoms with van der Waals surface area (Å²) in [4.78, 5) is 0.